The van der Waals surface area contributed by atoms with Crippen molar-refractivity contribution in [2.45, 2.75) is 43.8 Å². The summed E-state index contributed by atoms with van der Waals surface area (Å²) in [6, 6.07) is -1.99. The highest BCUT2D eigenvalue weighted by Crippen LogP contribution is 2.19. The highest BCUT2D eigenvalue weighted by Gasteiger charge is 2.39. The maximum absolute atomic E-state index is 13.0. The van der Waals surface area contributed by atoms with E-state index in [0.29, 0.717) is 18.7 Å². The van der Waals surface area contributed by atoms with Gasteiger partial charge in [-0.2, -0.15) is 0 Å². The van der Waals surface area contributed by atoms with E-state index in [4.69, 9.17) is 0 Å². The number of nitrogens with one attached hydrogen (secondary N) is 4. The van der Waals surface area contributed by atoms with Crippen LogP contribution < -0.4 is 16.0 Å². The zero-order valence-corrected chi connectivity index (χ0v) is 14.4. The Balaban J connectivity index is 1.73. The largest absolute Gasteiger partial charge is 0.357 e. The summed E-state index contributed by atoms with van der Waals surface area (Å²) in [5.74, 6) is -1.13. The molecule has 0 aromatic carbocycles. The van der Waals surface area contributed by atoms with Crippen LogP contribution in [-0.2, 0) is 25.6 Å². The predicted octanol–water partition coefficient (Wildman–Crippen LogP) is -1.94. The second-order valence-corrected chi connectivity index (χ2v) is 6.47. The summed E-state index contributed by atoms with van der Waals surface area (Å²) in [7, 11) is 1.53. The second-order valence-electron chi connectivity index (χ2n) is 6.47. The molecule has 2 saturated heterocycles. The van der Waals surface area contributed by atoms with Crippen LogP contribution in [0.25, 0.3) is 0 Å². The minimum Gasteiger partial charge on any atom is -0.357 e. The van der Waals surface area contributed by atoms with Crippen LogP contribution in [0.4, 0.5) is 0 Å². The van der Waals surface area contributed by atoms with Gasteiger partial charge in [0.1, 0.15) is 18.1 Å². The van der Waals surface area contributed by atoms with E-state index >= 15 is 0 Å². The molecule has 0 bridgehead atoms. The van der Waals surface area contributed by atoms with E-state index in [1.807, 2.05) is 0 Å². The summed E-state index contributed by atoms with van der Waals surface area (Å²) in [5, 5.41) is 7.77. The smallest absolute Gasteiger partial charge is 0.246 e. The molecule has 2 fully saturated rings. The Morgan fingerprint density at radius 2 is 2.15 bits per heavy atom. The molecule has 26 heavy (non-hydrogen) atoms. The van der Waals surface area contributed by atoms with E-state index in [9.17, 15) is 19.2 Å². The molecule has 0 aliphatic carbocycles. The fraction of sp³-hybridized carbons (Fsp3) is 0.562. The number of H-pyrrole nitrogens is 1. The van der Waals surface area contributed by atoms with E-state index in [1.165, 1.54) is 18.3 Å². The quantitative estimate of drug-likeness (QED) is 0.437. The number of aromatic amines is 1. The number of β-lactam (4-membered cyclic amide) rings is 1. The summed E-state index contributed by atoms with van der Waals surface area (Å²) in [5.41, 5.74) is 0.692. The van der Waals surface area contributed by atoms with E-state index in [0.717, 1.165) is 6.42 Å². The first kappa shape index (κ1) is 17.9. The van der Waals surface area contributed by atoms with Crippen molar-refractivity contribution in [3.8, 4) is 0 Å². The van der Waals surface area contributed by atoms with Crippen molar-refractivity contribution in [1.82, 2.24) is 30.8 Å². The Bertz CT molecular complexity index is 696. The normalized spacial score (nSPS) is 23.0. The van der Waals surface area contributed by atoms with Crippen LogP contribution in [0, 0.1) is 0 Å². The van der Waals surface area contributed by atoms with Gasteiger partial charge in [0.15, 0.2) is 0 Å². The van der Waals surface area contributed by atoms with Gasteiger partial charge in [0, 0.05) is 31.9 Å². The van der Waals surface area contributed by atoms with E-state index < -0.39 is 24.0 Å². The lowest BCUT2D eigenvalue weighted by Gasteiger charge is -2.31. The Kier molecular flexibility index (Phi) is 5.19. The summed E-state index contributed by atoms with van der Waals surface area (Å²) in [6.45, 7) is 0.465. The van der Waals surface area contributed by atoms with Crippen molar-refractivity contribution >= 4 is 23.6 Å². The number of imidazole rings is 1. The Morgan fingerprint density at radius 3 is 2.77 bits per heavy atom. The average Bonchev–Trinajstić information content (AvgIpc) is 3.28. The van der Waals surface area contributed by atoms with Gasteiger partial charge in [-0.3, -0.25) is 19.2 Å². The van der Waals surface area contributed by atoms with Crippen LogP contribution in [-0.4, -0.2) is 70.2 Å². The zero-order chi connectivity index (χ0) is 18.7. The van der Waals surface area contributed by atoms with Gasteiger partial charge in [0.05, 0.1) is 12.7 Å². The van der Waals surface area contributed by atoms with Crippen molar-refractivity contribution < 1.29 is 19.2 Å². The number of aromatic nitrogens is 2. The molecule has 2 aliphatic rings. The molecule has 3 rings (SSSR count). The molecule has 1 aromatic heterocycles. The molecule has 10 nitrogen and oxygen atoms in total. The molecule has 0 saturated carbocycles. The van der Waals surface area contributed by atoms with Crippen LogP contribution in [0.2, 0.25) is 0 Å². The standard InChI is InChI=1S/C16H22N6O4/c1-17-15(25)12-3-2-4-22(12)16(26)11(5-9-7-18-8-19-9)21-14(24)10-6-13(23)20-10/h7-8,10-12H,2-6H2,1H3,(H,17,25)(H,18,19)(H,20,23)(H,21,24)/t10-,11-,12-/m0/s1. The molecule has 1 aromatic rings. The van der Waals surface area contributed by atoms with Crippen LogP contribution in [0.1, 0.15) is 25.0 Å². The lowest BCUT2D eigenvalue weighted by atomic mass is 10.0. The maximum Gasteiger partial charge on any atom is 0.246 e. The van der Waals surface area contributed by atoms with E-state index in [1.54, 1.807) is 6.20 Å². The Hall–Kier alpha value is -2.91. The summed E-state index contributed by atoms with van der Waals surface area (Å²) >= 11 is 0. The molecule has 10 heteroatoms. The molecule has 0 radical (unpaired) electrons. The highest BCUT2D eigenvalue weighted by atomic mass is 16.2. The fourth-order valence-corrected chi connectivity index (χ4v) is 3.28. The molecule has 3 heterocycles. The third-order valence-corrected chi connectivity index (χ3v) is 4.72. The molecule has 0 spiro atoms. The van der Waals surface area contributed by atoms with Gasteiger partial charge in [0.2, 0.25) is 23.6 Å². The molecule has 2 aliphatic heterocycles. The third-order valence-electron chi connectivity index (χ3n) is 4.72. The van der Waals surface area contributed by atoms with Gasteiger partial charge in [-0.1, -0.05) is 0 Å². The van der Waals surface area contributed by atoms with Gasteiger partial charge in [-0.05, 0) is 12.8 Å². The first-order valence-corrected chi connectivity index (χ1v) is 8.58. The number of nitrogens with zero attached hydrogens (tertiary/aromatic N) is 2. The number of carbonyl (C=O) groups excluding carboxylic acids is 4. The number of likely N-dealkylation sites (N-methyl/N-ethyl adjacent to an activating group) is 1. The summed E-state index contributed by atoms with van der Waals surface area (Å²) in [4.78, 5) is 56.8. The van der Waals surface area contributed by atoms with E-state index in [2.05, 4.69) is 25.9 Å². The van der Waals surface area contributed by atoms with Crippen molar-refractivity contribution in [1.29, 1.82) is 0 Å². The lowest BCUT2D eigenvalue weighted by Crippen LogP contribution is -2.61. The first-order valence-electron chi connectivity index (χ1n) is 8.58. The number of likely N-dealkylation sites (tertiary alicyclic amines) is 1. The van der Waals surface area contributed by atoms with Crippen molar-refractivity contribution in [3.63, 3.8) is 0 Å². The van der Waals surface area contributed by atoms with Crippen LogP contribution in [0.15, 0.2) is 12.5 Å². The monoisotopic (exact) mass is 362 g/mol. The number of amides is 4. The van der Waals surface area contributed by atoms with Gasteiger partial charge in [0.25, 0.3) is 0 Å². The van der Waals surface area contributed by atoms with Gasteiger partial charge >= 0.3 is 0 Å². The summed E-state index contributed by atoms with van der Waals surface area (Å²) < 4.78 is 0. The first-order chi connectivity index (χ1) is 12.5. The Morgan fingerprint density at radius 1 is 1.38 bits per heavy atom. The topological polar surface area (TPSA) is 136 Å². The molecular formula is C16H22N6O4. The second kappa shape index (κ2) is 7.54. The third kappa shape index (κ3) is 3.68. The molecule has 4 amide bonds. The van der Waals surface area contributed by atoms with Crippen LogP contribution >= 0.6 is 0 Å². The molecule has 0 unspecified atom stereocenters. The molecule has 3 atom stereocenters. The van der Waals surface area contributed by atoms with Crippen molar-refractivity contribution in [3.05, 3.63) is 18.2 Å². The zero-order valence-electron chi connectivity index (χ0n) is 14.4. The Labute approximate surface area is 150 Å². The van der Waals surface area contributed by atoms with Gasteiger partial charge < -0.3 is 25.8 Å². The predicted molar refractivity (Wildman–Crippen MR) is 89.6 cm³/mol. The van der Waals surface area contributed by atoms with E-state index in [-0.39, 0.29) is 30.6 Å². The fourth-order valence-electron chi connectivity index (χ4n) is 3.28. The van der Waals surface area contributed by atoms with Crippen LogP contribution in [0.3, 0.4) is 0 Å². The molecule has 140 valence electrons. The van der Waals surface area contributed by atoms with Gasteiger partial charge in [-0.15, -0.1) is 0 Å². The van der Waals surface area contributed by atoms with Crippen molar-refractivity contribution in [2.24, 2.45) is 0 Å². The number of rotatable bonds is 6. The lowest BCUT2D eigenvalue weighted by molar-refractivity contribution is -0.143. The van der Waals surface area contributed by atoms with Gasteiger partial charge in [-0.25, -0.2) is 4.98 Å². The molecule has 4 N–H and O–H groups in total. The number of hydrogen-bond acceptors (Lipinski definition) is 5. The minimum atomic E-state index is -0.842. The van der Waals surface area contributed by atoms with Crippen molar-refractivity contribution in [2.75, 3.05) is 13.6 Å². The maximum atomic E-state index is 13.0. The van der Waals surface area contributed by atoms with Crippen LogP contribution in [0.5, 0.6) is 0 Å². The summed E-state index contributed by atoms with van der Waals surface area (Å²) in [6.07, 6.45) is 4.73. The SMILES string of the molecule is CNC(=O)[C@@H]1CCCN1C(=O)[C@H](Cc1cnc[nH]1)NC(=O)[C@@H]1CC(=O)N1. The average molecular weight is 362 g/mol. The number of hydrogen-bond donors (Lipinski definition) is 4. The molecular weight excluding hydrogens is 340 g/mol. The minimum absolute atomic E-state index is 0.112. The highest BCUT2D eigenvalue weighted by molar-refractivity contribution is 5.99. The number of carbonyl (C=O) groups is 4.